The number of nitrogens with zero attached hydrogens (tertiary/aromatic N) is 4. The molecule has 0 saturated heterocycles. The molecule has 1 aliphatic heterocycles. The number of nitro groups is 1. The first-order valence-corrected chi connectivity index (χ1v) is 10.8. The number of rotatable bonds is 6. The molecule has 0 fully saturated rings. The Morgan fingerprint density at radius 3 is 2.78 bits per heavy atom. The largest absolute Gasteiger partial charge is 0.453 e. The maximum absolute atomic E-state index is 14.3. The Morgan fingerprint density at radius 1 is 1.31 bits per heavy atom. The molecule has 0 aliphatic carbocycles. The van der Waals surface area contributed by atoms with Crippen LogP contribution in [0.5, 0.6) is 11.5 Å². The molecule has 32 heavy (non-hydrogen) atoms. The van der Waals surface area contributed by atoms with Crippen LogP contribution < -0.4 is 4.74 Å². The highest BCUT2D eigenvalue weighted by molar-refractivity contribution is 7.20. The molecule has 3 aromatic rings. The topological polar surface area (TPSA) is 88.8 Å². The summed E-state index contributed by atoms with van der Waals surface area (Å²) in [5.41, 5.74) is 1.52. The second-order valence-corrected chi connectivity index (χ2v) is 8.72. The molecule has 0 unspecified atom stereocenters. The third-order valence-electron chi connectivity index (χ3n) is 5.05. The summed E-state index contributed by atoms with van der Waals surface area (Å²) in [5.74, 6) is -0.370. The van der Waals surface area contributed by atoms with Crippen molar-refractivity contribution in [3.8, 4) is 11.5 Å². The number of ether oxygens (including phenoxy) is 1. The van der Waals surface area contributed by atoms with Gasteiger partial charge in [0.2, 0.25) is 5.91 Å². The van der Waals surface area contributed by atoms with Crippen LogP contribution in [0.1, 0.15) is 11.3 Å². The quantitative estimate of drug-likeness (QED) is 0.406. The number of halogens is 1. The van der Waals surface area contributed by atoms with E-state index in [2.05, 4.69) is 11.1 Å². The van der Waals surface area contributed by atoms with Crippen molar-refractivity contribution in [1.82, 2.24) is 14.8 Å². The summed E-state index contributed by atoms with van der Waals surface area (Å²) in [6, 6.07) is 6.89. The van der Waals surface area contributed by atoms with Crippen LogP contribution >= 0.6 is 11.3 Å². The van der Waals surface area contributed by atoms with Crippen molar-refractivity contribution in [2.75, 3.05) is 33.7 Å². The van der Waals surface area contributed by atoms with Gasteiger partial charge in [0.25, 0.3) is 5.69 Å². The molecule has 10 heteroatoms. The number of hydrogen-bond acceptors (Lipinski definition) is 7. The van der Waals surface area contributed by atoms with Crippen molar-refractivity contribution in [3.63, 3.8) is 0 Å². The fourth-order valence-electron chi connectivity index (χ4n) is 3.45. The number of aromatic nitrogens is 1. The molecule has 0 radical (unpaired) electrons. The van der Waals surface area contributed by atoms with Gasteiger partial charge < -0.3 is 14.5 Å². The SMILES string of the molecule is CN(C)CC(=O)N1CC=C(c2cc3nccc(Oc4ccc([N+](=O)[O-])cc4F)c3s2)CC1. The Labute approximate surface area is 187 Å². The van der Waals surface area contributed by atoms with Gasteiger partial charge in [0.1, 0.15) is 5.75 Å². The molecule has 0 saturated carbocycles. The number of hydrogen-bond donors (Lipinski definition) is 0. The molecule has 1 amide bonds. The number of non-ortho nitro benzene ring substituents is 1. The van der Waals surface area contributed by atoms with Gasteiger partial charge in [-0.25, -0.2) is 4.39 Å². The standard InChI is InChI=1S/C22H21FN4O4S/c1-25(2)13-21(28)26-9-6-14(7-10-26)20-12-17-22(32-20)19(5-8-24-17)31-18-4-3-15(27(29)30)11-16(18)23/h3-6,8,11-12H,7,9-10,13H2,1-2H3. The van der Waals surface area contributed by atoms with Crippen molar-refractivity contribution in [3.05, 3.63) is 63.4 Å². The Kier molecular flexibility index (Phi) is 6.15. The summed E-state index contributed by atoms with van der Waals surface area (Å²) >= 11 is 1.49. The molecule has 0 spiro atoms. The van der Waals surface area contributed by atoms with Crippen LogP contribution in [0, 0.1) is 15.9 Å². The van der Waals surface area contributed by atoms with Crippen molar-refractivity contribution in [2.45, 2.75) is 6.42 Å². The lowest BCUT2D eigenvalue weighted by Gasteiger charge is -2.27. The van der Waals surface area contributed by atoms with E-state index in [1.807, 2.05) is 30.0 Å². The lowest BCUT2D eigenvalue weighted by Crippen LogP contribution is -2.40. The lowest BCUT2D eigenvalue weighted by atomic mass is 10.1. The van der Waals surface area contributed by atoms with E-state index in [0.29, 0.717) is 25.4 Å². The normalized spacial score (nSPS) is 14.0. The summed E-state index contributed by atoms with van der Waals surface area (Å²) in [4.78, 5) is 31.5. The predicted octanol–water partition coefficient (Wildman–Crippen LogP) is 4.31. The lowest BCUT2D eigenvalue weighted by molar-refractivity contribution is -0.385. The maximum Gasteiger partial charge on any atom is 0.272 e. The zero-order chi connectivity index (χ0) is 22.8. The highest BCUT2D eigenvalue weighted by Crippen LogP contribution is 2.39. The van der Waals surface area contributed by atoms with Crippen LogP contribution in [0.4, 0.5) is 10.1 Å². The monoisotopic (exact) mass is 456 g/mol. The zero-order valence-electron chi connectivity index (χ0n) is 17.6. The maximum atomic E-state index is 14.3. The van der Waals surface area contributed by atoms with Gasteiger partial charge in [-0.1, -0.05) is 6.08 Å². The predicted molar refractivity (Wildman–Crippen MR) is 120 cm³/mol. The molecule has 166 valence electrons. The Morgan fingerprint density at radius 2 is 2.12 bits per heavy atom. The van der Waals surface area contributed by atoms with Gasteiger partial charge >= 0.3 is 0 Å². The van der Waals surface area contributed by atoms with Crippen LogP contribution in [-0.4, -0.2) is 59.3 Å². The number of carbonyl (C=O) groups is 1. The van der Waals surface area contributed by atoms with E-state index in [0.717, 1.165) is 33.2 Å². The molecule has 2 aromatic heterocycles. The van der Waals surface area contributed by atoms with E-state index in [9.17, 15) is 19.3 Å². The van der Waals surface area contributed by atoms with E-state index in [-0.39, 0.29) is 17.3 Å². The van der Waals surface area contributed by atoms with E-state index < -0.39 is 10.7 Å². The number of nitro benzene ring substituents is 1. The molecule has 0 atom stereocenters. The number of carbonyl (C=O) groups excluding carboxylic acids is 1. The van der Waals surface area contributed by atoms with Crippen LogP contribution in [0.25, 0.3) is 15.8 Å². The van der Waals surface area contributed by atoms with E-state index in [4.69, 9.17) is 4.74 Å². The molecular weight excluding hydrogens is 435 g/mol. The Hall–Kier alpha value is -3.37. The van der Waals surface area contributed by atoms with Crippen LogP contribution in [0.15, 0.2) is 42.6 Å². The molecular formula is C22H21FN4O4S. The minimum atomic E-state index is -0.807. The third kappa shape index (κ3) is 4.61. The highest BCUT2D eigenvalue weighted by Gasteiger charge is 2.20. The molecule has 0 bridgehead atoms. The minimum Gasteiger partial charge on any atom is -0.453 e. The zero-order valence-corrected chi connectivity index (χ0v) is 18.4. The Bertz CT molecular complexity index is 1220. The van der Waals surface area contributed by atoms with Crippen molar-refractivity contribution < 1.29 is 18.8 Å². The minimum absolute atomic E-state index is 0.0926. The molecule has 1 aliphatic rings. The summed E-state index contributed by atoms with van der Waals surface area (Å²) in [5, 5.41) is 10.8. The number of pyridine rings is 1. The molecule has 3 heterocycles. The van der Waals surface area contributed by atoms with E-state index in [1.165, 1.54) is 23.5 Å². The van der Waals surface area contributed by atoms with Crippen LogP contribution in [-0.2, 0) is 4.79 Å². The Balaban J connectivity index is 1.56. The first-order chi connectivity index (χ1) is 15.3. The van der Waals surface area contributed by atoms with Gasteiger partial charge in [-0.2, -0.15) is 0 Å². The highest BCUT2D eigenvalue weighted by atomic mass is 32.1. The van der Waals surface area contributed by atoms with Crippen molar-refractivity contribution >= 4 is 38.7 Å². The van der Waals surface area contributed by atoms with Crippen LogP contribution in [0.3, 0.4) is 0 Å². The van der Waals surface area contributed by atoms with Gasteiger partial charge in [0, 0.05) is 36.3 Å². The average Bonchev–Trinajstić information content (AvgIpc) is 3.20. The molecule has 0 N–H and O–H groups in total. The number of amides is 1. The fraction of sp³-hybridized carbons (Fsp3) is 0.273. The number of fused-ring (bicyclic) bond motifs is 1. The summed E-state index contributed by atoms with van der Waals surface area (Å²) in [6.45, 7) is 1.59. The summed E-state index contributed by atoms with van der Waals surface area (Å²) in [6.07, 6.45) is 4.37. The first kappa shape index (κ1) is 21.8. The van der Waals surface area contributed by atoms with Gasteiger partial charge in [-0.3, -0.25) is 19.9 Å². The summed E-state index contributed by atoms with van der Waals surface area (Å²) < 4.78 is 20.8. The van der Waals surface area contributed by atoms with E-state index >= 15 is 0 Å². The fourth-order valence-corrected chi connectivity index (χ4v) is 4.58. The molecule has 8 nitrogen and oxygen atoms in total. The van der Waals surface area contributed by atoms with Crippen LogP contribution in [0.2, 0.25) is 0 Å². The number of thiophene rings is 1. The second kappa shape index (κ2) is 9.01. The van der Waals surface area contributed by atoms with Crippen molar-refractivity contribution in [1.29, 1.82) is 0 Å². The average molecular weight is 456 g/mol. The smallest absolute Gasteiger partial charge is 0.272 e. The van der Waals surface area contributed by atoms with Gasteiger partial charge in [-0.15, -0.1) is 11.3 Å². The summed E-state index contributed by atoms with van der Waals surface area (Å²) in [7, 11) is 3.74. The van der Waals surface area contributed by atoms with E-state index in [1.54, 1.807) is 12.3 Å². The first-order valence-electron chi connectivity index (χ1n) is 9.94. The number of benzene rings is 1. The third-order valence-corrected chi connectivity index (χ3v) is 6.27. The molecule has 1 aromatic carbocycles. The van der Waals surface area contributed by atoms with Gasteiger partial charge in [0.15, 0.2) is 11.6 Å². The van der Waals surface area contributed by atoms with Gasteiger partial charge in [0.05, 0.1) is 27.8 Å². The molecule has 4 rings (SSSR count). The van der Waals surface area contributed by atoms with Gasteiger partial charge in [-0.05, 0) is 38.2 Å². The number of likely N-dealkylation sites (N-methyl/N-ethyl adjacent to an activating group) is 1. The van der Waals surface area contributed by atoms with Crippen molar-refractivity contribution in [2.24, 2.45) is 0 Å². The second-order valence-electron chi connectivity index (χ2n) is 7.66.